The Morgan fingerprint density at radius 1 is 1.12 bits per heavy atom. The zero-order chi connectivity index (χ0) is 24.0. The summed E-state index contributed by atoms with van der Waals surface area (Å²) < 4.78 is 5.32. The Kier molecular flexibility index (Phi) is 8.10. The molecule has 8 nitrogen and oxygen atoms in total. The summed E-state index contributed by atoms with van der Waals surface area (Å²) in [4.78, 5) is 49.8. The van der Waals surface area contributed by atoms with Gasteiger partial charge in [-0.25, -0.2) is 0 Å². The summed E-state index contributed by atoms with van der Waals surface area (Å²) in [6.07, 6.45) is 6.00. The molecule has 2 aliphatic rings. The number of carbonyl (C=O) groups excluding carboxylic acids is 4. The van der Waals surface area contributed by atoms with Gasteiger partial charge in [-0.3, -0.25) is 24.5 Å². The first-order chi connectivity index (χ1) is 15.7. The van der Waals surface area contributed by atoms with Gasteiger partial charge in [-0.05, 0) is 52.2 Å². The first kappa shape index (κ1) is 24.7. The topological polar surface area (TPSA) is 105 Å². The number of unbranched alkanes of at least 4 members (excludes halogenated alkanes) is 4. The van der Waals surface area contributed by atoms with Crippen LogP contribution in [-0.4, -0.2) is 46.8 Å². The molecule has 180 valence electrons. The smallest absolute Gasteiger partial charge is 0.306 e. The highest BCUT2D eigenvalue weighted by Crippen LogP contribution is 2.32. The molecule has 0 saturated carbocycles. The Morgan fingerprint density at radius 3 is 2.58 bits per heavy atom. The molecular formula is C25H35N3O5. The van der Waals surface area contributed by atoms with E-state index < -0.39 is 17.6 Å². The number of benzene rings is 1. The van der Waals surface area contributed by atoms with E-state index in [-0.39, 0.29) is 24.2 Å². The van der Waals surface area contributed by atoms with Crippen molar-refractivity contribution in [3.8, 4) is 0 Å². The number of ether oxygens (including phenoxy) is 1. The van der Waals surface area contributed by atoms with Crippen LogP contribution < -0.4 is 10.6 Å². The monoisotopic (exact) mass is 457 g/mol. The number of rotatable bonds is 10. The molecule has 33 heavy (non-hydrogen) atoms. The van der Waals surface area contributed by atoms with Crippen LogP contribution in [0.15, 0.2) is 18.2 Å². The number of amides is 3. The summed E-state index contributed by atoms with van der Waals surface area (Å²) >= 11 is 0. The third-order valence-corrected chi connectivity index (χ3v) is 5.88. The van der Waals surface area contributed by atoms with Gasteiger partial charge < -0.3 is 15.0 Å². The maximum atomic E-state index is 12.9. The molecular weight excluding hydrogens is 422 g/mol. The standard InChI is InChI=1S/C25H35N3O5/c1-25(2,3)33-22(30)12-7-5-4-6-8-15-26-19-11-9-10-17-18(19)16-28(24(17)32)20-13-14-21(29)27-23(20)31/h9-11,20,26H,4-8,12-16H2,1-3H3,(H,27,29,31). The molecule has 1 fully saturated rings. The molecule has 1 unspecified atom stereocenters. The molecule has 2 N–H and O–H groups in total. The Balaban J connectivity index is 1.40. The summed E-state index contributed by atoms with van der Waals surface area (Å²) in [6, 6.07) is 5.00. The second-order valence-electron chi connectivity index (χ2n) is 9.76. The number of imide groups is 1. The highest BCUT2D eigenvalue weighted by Gasteiger charge is 2.39. The lowest BCUT2D eigenvalue weighted by Crippen LogP contribution is -2.52. The first-order valence-corrected chi connectivity index (χ1v) is 11.9. The zero-order valence-corrected chi connectivity index (χ0v) is 19.9. The minimum atomic E-state index is -0.601. The SMILES string of the molecule is CC(C)(C)OC(=O)CCCCCCCNc1cccc2c1CN(C1CCC(=O)NC1=O)C2=O. The normalized spacial score (nSPS) is 18.2. The van der Waals surface area contributed by atoms with E-state index in [9.17, 15) is 19.2 Å². The summed E-state index contributed by atoms with van der Waals surface area (Å²) in [5.41, 5.74) is 2.01. The van der Waals surface area contributed by atoms with Gasteiger partial charge in [-0.2, -0.15) is 0 Å². The summed E-state index contributed by atoms with van der Waals surface area (Å²) in [7, 11) is 0. The van der Waals surface area contributed by atoms with Crippen LogP contribution in [-0.2, 0) is 25.7 Å². The molecule has 1 aromatic carbocycles. The fourth-order valence-corrected chi connectivity index (χ4v) is 4.29. The lowest BCUT2D eigenvalue weighted by molar-refractivity contribution is -0.155. The number of carbonyl (C=O) groups is 4. The number of hydrogen-bond donors (Lipinski definition) is 2. The van der Waals surface area contributed by atoms with Crippen molar-refractivity contribution in [1.82, 2.24) is 10.2 Å². The Hall–Kier alpha value is -2.90. The van der Waals surface area contributed by atoms with E-state index in [1.807, 2.05) is 32.9 Å². The fourth-order valence-electron chi connectivity index (χ4n) is 4.29. The van der Waals surface area contributed by atoms with Gasteiger partial charge in [0.25, 0.3) is 5.91 Å². The quantitative estimate of drug-likeness (QED) is 0.316. The number of hydrogen-bond acceptors (Lipinski definition) is 6. The van der Waals surface area contributed by atoms with E-state index >= 15 is 0 Å². The molecule has 0 aromatic heterocycles. The number of anilines is 1. The van der Waals surface area contributed by atoms with Crippen molar-refractivity contribution in [1.29, 1.82) is 0 Å². The van der Waals surface area contributed by atoms with Gasteiger partial charge in [-0.1, -0.05) is 25.3 Å². The second kappa shape index (κ2) is 10.8. The predicted octanol–water partition coefficient (Wildman–Crippen LogP) is 3.54. The largest absolute Gasteiger partial charge is 0.460 e. The Morgan fingerprint density at radius 2 is 1.85 bits per heavy atom. The summed E-state index contributed by atoms with van der Waals surface area (Å²) in [6.45, 7) is 6.79. The number of esters is 1. The number of nitrogens with zero attached hydrogens (tertiary/aromatic N) is 1. The van der Waals surface area contributed by atoms with Crippen molar-refractivity contribution in [3.63, 3.8) is 0 Å². The van der Waals surface area contributed by atoms with Crippen LogP contribution in [0.3, 0.4) is 0 Å². The molecule has 8 heteroatoms. The van der Waals surface area contributed by atoms with Crippen LogP contribution in [0, 0.1) is 0 Å². The minimum Gasteiger partial charge on any atom is -0.460 e. The van der Waals surface area contributed by atoms with Crippen LogP contribution in [0.2, 0.25) is 0 Å². The first-order valence-electron chi connectivity index (χ1n) is 11.9. The highest BCUT2D eigenvalue weighted by molar-refractivity contribution is 6.06. The molecule has 3 rings (SSSR count). The van der Waals surface area contributed by atoms with Gasteiger partial charge in [0, 0.05) is 42.7 Å². The number of piperidine rings is 1. The highest BCUT2D eigenvalue weighted by atomic mass is 16.6. The molecule has 0 radical (unpaired) electrons. The van der Waals surface area contributed by atoms with Crippen molar-refractivity contribution in [3.05, 3.63) is 29.3 Å². The van der Waals surface area contributed by atoms with Crippen LogP contribution in [0.1, 0.15) is 88.1 Å². The number of nitrogens with one attached hydrogen (secondary N) is 2. The molecule has 1 atom stereocenters. The van der Waals surface area contributed by atoms with E-state index in [0.29, 0.717) is 24.9 Å². The second-order valence-corrected chi connectivity index (χ2v) is 9.76. The van der Waals surface area contributed by atoms with Crippen molar-refractivity contribution < 1.29 is 23.9 Å². The molecule has 0 aliphatic carbocycles. The minimum absolute atomic E-state index is 0.136. The van der Waals surface area contributed by atoms with Gasteiger partial charge in [-0.15, -0.1) is 0 Å². The third-order valence-electron chi connectivity index (χ3n) is 5.88. The van der Waals surface area contributed by atoms with Gasteiger partial charge in [0.05, 0.1) is 0 Å². The summed E-state index contributed by atoms with van der Waals surface area (Å²) in [5.74, 6) is -0.975. The summed E-state index contributed by atoms with van der Waals surface area (Å²) in [5, 5.41) is 5.77. The van der Waals surface area contributed by atoms with Crippen LogP contribution in [0.5, 0.6) is 0 Å². The van der Waals surface area contributed by atoms with E-state index in [4.69, 9.17) is 4.74 Å². The van der Waals surface area contributed by atoms with E-state index in [1.54, 1.807) is 11.0 Å². The molecule has 2 aliphatic heterocycles. The average Bonchev–Trinajstić information content (AvgIpc) is 3.06. The molecule has 0 spiro atoms. The third kappa shape index (κ3) is 6.79. The van der Waals surface area contributed by atoms with Crippen molar-refractivity contribution in [2.45, 2.75) is 90.3 Å². The van der Waals surface area contributed by atoms with Gasteiger partial charge >= 0.3 is 5.97 Å². The maximum Gasteiger partial charge on any atom is 0.306 e. The van der Waals surface area contributed by atoms with E-state index in [1.165, 1.54) is 0 Å². The molecule has 1 saturated heterocycles. The van der Waals surface area contributed by atoms with E-state index in [0.717, 1.165) is 49.9 Å². The van der Waals surface area contributed by atoms with Gasteiger partial charge in [0.2, 0.25) is 11.8 Å². The molecule has 1 aromatic rings. The lowest BCUT2D eigenvalue weighted by Gasteiger charge is -2.29. The lowest BCUT2D eigenvalue weighted by atomic mass is 10.0. The van der Waals surface area contributed by atoms with Crippen molar-refractivity contribution in [2.24, 2.45) is 0 Å². The predicted molar refractivity (Wildman–Crippen MR) is 125 cm³/mol. The maximum absolute atomic E-state index is 12.9. The molecule has 0 bridgehead atoms. The van der Waals surface area contributed by atoms with Gasteiger partial charge in [0.15, 0.2) is 0 Å². The Bertz CT molecular complexity index is 906. The zero-order valence-electron chi connectivity index (χ0n) is 19.9. The fraction of sp³-hybridized carbons (Fsp3) is 0.600. The number of fused-ring (bicyclic) bond motifs is 1. The molecule has 3 amide bonds. The van der Waals surface area contributed by atoms with Gasteiger partial charge in [0.1, 0.15) is 11.6 Å². The van der Waals surface area contributed by atoms with Crippen molar-refractivity contribution >= 4 is 29.4 Å². The average molecular weight is 458 g/mol. The van der Waals surface area contributed by atoms with Crippen LogP contribution in [0.4, 0.5) is 5.69 Å². The Labute approximate surface area is 195 Å². The van der Waals surface area contributed by atoms with Crippen LogP contribution in [0.25, 0.3) is 0 Å². The van der Waals surface area contributed by atoms with Crippen molar-refractivity contribution in [2.75, 3.05) is 11.9 Å². The van der Waals surface area contributed by atoms with Crippen LogP contribution >= 0.6 is 0 Å². The molecule has 2 heterocycles. The van der Waals surface area contributed by atoms with E-state index in [2.05, 4.69) is 10.6 Å².